The van der Waals surface area contributed by atoms with Gasteiger partial charge in [-0.1, -0.05) is 29.8 Å². The van der Waals surface area contributed by atoms with Crippen LogP contribution in [0.4, 0.5) is 11.4 Å². The molecule has 2 aromatic heterocycles. The van der Waals surface area contributed by atoms with Gasteiger partial charge >= 0.3 is 0 Å². The van der Waals surface area contributed by atoms with E-state index in [1.807, 2.05) is 19.1 Å². The quantitative estimate of drug-likeness (QED) is 0.285. The Labute approximate surface area is 225 Å². The van der Waals surface area contributed by atoms with Crippen molar-refractivity contribution in [2.24, 2.45) is 0 Å². The fourth-order valence-corrected chi connectivity index (χ4v) is 3.93. The van der Waals surface area contributed by atoms with Crippen LogP contribution in [0.5, 0.6) is 0 Å². The van der Waals surface area contributed by atoms with Crippen molar-refractivity contribution in [2.45, 2.75) is 26.4 Å². The van der Waals surface area contributed by atoms with Crippen molar-refractivity contribution >= 4 is 35.0 Å². The first-order chi connectivity index (χ1) is 18.8. The predicted octanol–water partition coefficient (Wildman–Crippen LogP) is 3.96. The van der Waals surface area contributed by atoms with Crippen molar-refractivity contribution in [1.29, 1.82) is 0 Å². The largest absolute Gasteiger partial charge is 0.467 e. The molecule has 1 atom stereocenters. The molecule has 10 heteroatoms. The van der Waals surface area contributed by atoms with Crippen molar-refractivity contribution < 1.29 is 28.0 Å². The maximum absolute atomic E-state index is 13.7. The summed E-state index contributed by atoms with van der Waals surface area (Å²) < 4.78 is 10.4. The van der Waals surface area contributed by atoms with Gasteiger partial charge in [0.05, 0.1) is 25.6 Å². The van der Waals surface area contributed by atoms with Gasteiger partial charge in [-0.15, -0.1) is 0 Å². The molecule has 0 unspecified atom stereocenters. The number of hydrogen-bond donors (Lipinski definition) is 3. The van der Waals surface area contributed by atoms with E-state index in [1.165, 1.54) is 30.4 Å². The second-order valence-corrected chi connectivity index (χ2v) is 8.76. The summed E-state index contributed by atoms with van der Waals surface area (Å²) in [6, 6.07) is 19.2. The first kappa shape index (κ1) is 26.9. The zero-order valence-electron chi connectivity index (χ0n) is 21.5. The van der Waals surface area contributed by atoms with Gasteiger partial charge in [-0.25, -0.2) is 0 Å². The number of anilines is 2. The number of nitrogens with zero attached hydrogens (tertiary/aromatic N) is 1. The van der Waals surface area contributed by atoms with E-state index < -0.39 is 30.3 Å². The number of amides is 4. The molecule has 3 N–H and O–H groups in total. The van der Waals surface area contributed by atoms with E-state index in [0.717, 1.165) is 5.56 Å². The van der Waals surface area contributed by atoms with Crippen LogP contribution in [0, 0.1) is 6.92 Å². The topological polar surface area (TPSA) is 134 Å². The van der Waals surface area contributed by atoms with Gasteiger partial charge in [0.2, 0.25) is 17.7 Å². The summed E-state index contributed by atoms with van der Waals surface area (Å²) in [5.74, 6) is -1.20. The van der Waals surface area contributed by atoms with Gasteiger partial charge in [-0.05, 0) is 61.0 Å². The van der Waals surface area contributed by atoms with E-state index in [4.69, 9.17) is 8.83 Å². The molecule has 10 nitrogen and oxygen atoms in total. The number of carbonyl (C=O) groups is 4. The molecule has 0 fully saturated rings. The molecule has 200 valence electrons. The van der Waals surface area contributed by atoms with Crippen molar-refractivity contribution in [1.82, 2.24) is 10.6 Å². The van der Waals surface area contributed by atoms with Crippen LogP contribution in [-0.2, 0) is 20.9 Å². The molecule has 4 aromatic rings. The SMILES string of the molecule is CC(=O)Nc1ccc(N(C(=O)CNC(=O)c2ccco2)[C@@H](C(=O)NCc2ccco2)c2ccc(C)cc2)cc1. The Morgan fingerprint density at radius 1 is 0.846 bits per heavy atom. The standard InChI is InChI=1S/C29H28N4O6/c1-19-7-9-21(10-8-19)27(29(37)30-17-24-5-3-15-38-24)33(23-13-11-22(12-14-23)32-20(2)34)26(35)18-31-28(36)25-6-4-16-39-25/h3-16,27H,17-18H2,1-2H3,(H,30,37)(H,31,36)(H,32,34)/t27-/m1/s1. The molecule has 0 aliphatic heterocycles. The number of hydrogen-bond acceptors (Lipinski definition) is 6. The van der Waals surface area contributed by atoms with Crippen molar-refractivity contribution in [3.05, 3.63) is 108 Å². The second kappa shape index (κ2) is 12.4. The van der Waals surface area contributed by atoms with Gasteiger partial charge in [0.15, 0.2) is 5.76 Å². The zero-order chi connectivity index (χ0) is 27.8. The number of carbonyl (C=O) groups excluding carboxylic acids is 4. The van der Waals surface area contributed by atoms with Crippen LogP contribution in [0.2, 0.25) is 0 Å². The monoisotopic (exact) mass is 528 g/mol. The summed E-state index contributed by atoms with van der Waals surface area (Å²) in [7, 11) is 0. The van der Waals surface area contributed by atoms with Gasteiger partial charge in [0.1, 0.15) is 11.8 Å². The summed E-state index contributed by atoms with van der Waals surface area (Å²) in [6.45, 7) is 3.03. The third-order valence-corrected chi connectivity index (χ3v) is 5.80. The lowest BCUT2D eigenvalue weighted by Gasteiger charge is -2.32. The van der Waals surface area contributed by atoms with E-state index in [1.54, 1.807) is 54.6 Å². The van der Waals surface area contributed by atoms with E-state index in [0.29, 0.717) is 22.7 Å². The summed E-state index contributed by atoms with van der Waals surface area (Å²) >= 11 is 0. The van der Waals surface area contributed by atoms with Gasteiger partial charge in [-0.2, -0.15) is 0 Å². The van der Waals surface area contributed by atoms with Crippen molar-refractivity contribution in [3.8, 4) is 0 Å². The van der Waals surface area contributed by atoms with Gasteiger partial charge in [0.25, 0.3) is 5.91 Å². The van der Waals surface area contributed by atoms with E-state index in [9.17, 15) is 19.2 Å². The van der Waals surface area contributed by atoms with Crippen LogP contribution >= 0.6 is 0 Å². The lowest BCUT2D eigenvalue weighted by Crippen LogP contribution is -2.47. The van der Waals surface area contributed by atoms with Crippen LogP contribution in [0.3, 0.4) is 0 Å². The fraction of sp³-hybridized carbons (Fsp3) is 0.172. The summed E-state index contributed by atoms with van der Waals surface area (Å²) in [5.41, 5.74) is 2.46. The van der Waals surface area contributed by atoms with Crippen molar-refractivity contribution in [2.75, 3.05) is 16.8 Å². The second-order valence-electron chi connectivity index (χ2n) is 8.76. The summed E-state index contributed by atoms with van der Waals surface area (Å²) in [6.07, 6.45) is 2.86. The average molecular weight is 529 g/mol. The molecular weight excluding hydrogens is 500 g/mol. The molecule has 2 aromatic carbocycles. The molecule has 0 spiro atoms. The minimum absolute atomic E-state index is 0.0558. The minimum Gasteiger partial charge on any atom is -0.467 e. The highest BCUT2D eigenvalue weighted by atomic mass is 16.3. The van der Waals surface area contributed by atoms with E-state index in [2.05, 4.69) is 16.0 Å². The highest BCUT2D eigenvalue weighted by Crippen LogP contribution is 2.29. The van der Waals surface area contributed by atoms with Crippen LogP contribution in [0.1, 0.15) is 40.4 Å². The minimum atomic E-state index is -1.08. The Morgan fingerprint density at radius 3 is 2.15 bits per heavy atom. The number of aryl methyl sites for hydroxylation is 1. The summed E-state index contributed by atoms with van der Waals surface area (Å²) in [4.78, 5) is 52.6. The summed E-state index contributed by atoms with van der Waals surface area (Å²) in [5, 5.41) is 8.08. The van der Waals surface area contributed by atoms with E-state index >= 15 is 0 Å². The average Bonchev–Trinajstić information content (AvgIpc) is 3.65. The number of furan rings is 2. The highest BCUT2D eigenvalue weighted by Gasteiger charge is 2.33. The predicted molar refractivity (Wildman–Crippen MR) is 144 cm³/mol. The molecular formula is C29H28N4O6. The zero-order valence-corrected chi connectivity index (χ0v) is 21.5. The number of benzene rings is 2. The molecule has 0 saturated carbocycles. The lowest BCUT2D eigenvalue weighted by atomic mass is 10.0. The Morgan fingerprint density at radius 2 is 1.54 bits per heavy atom. The third kappa shape index (κ3) is 7.01. The smallest absolute Gasteiger partial charge is 0.287 e. The molecule has 4 amide bonds. The third-order valence-electron chi connectivity index (χ3n) is 5.80. The molecule has 2 heterocycles. The number of nitrogens with one attached hydrogen (secondary N) is 3. The van der Waals surface area contributed by atoms with E-state index in [-0.39, 0.29) is 18.2 Å². The molecule has 0 saturated heterocycles. The maximum Gasteiger partial charge on any atom is 0.287 e. The van der Waals surface area contributed by atoms with Crippen LogP contribution in [0.15, 0.2) is 94.2 Å². The molecule has 0 radical (unpaired) electrons. The molecule has 0 aliphatic carbocycles. The van der Waals surface area contributed by atoms with Gasteiger partial charge in [-0.3, -0.25) is 24.1 Å². The molecule has 39 heavy (non-hydrogen) atoms. The molecule has 4 rings (SSSR count). The maximum atomic E-state index is 13.7. The first-order valence-electron chi connectivity index (χ1n) is 12.2. The first-order valence-corrected chi connectivity index (χ1v) is 12.2. The Balaban J connectivity index is 1.68. The van der Waals surface area contributed by atoms with Crippen LogP contribution in [0.25, 0.3) is 0 Å². The van der Waals surface area contributed by atoms with Crippen LogP contribution in [-0.4, -0.2) is 30.2 Å². The van der Waals surface area contributed by atoms with Crippen molar-refractivity contribution in [3.63, 3.8) is 0 Å². The molecule has 0 bridgehead atoms. The van der Waals surface area contributed by atoms with Crippen LogP contribution < -0.4 is 20.9 Å². The van der Waals surface area contributed by atoms with Gasteiger partial charge in [0, 0.05) is 18.3 Å². The normalized spacial score (nSPS) is 11.3. The Bertz CT molecular complexity index is 1410. The Kier molecular flexibility index (Phi) is 8.57. The van der Waals surface area contributed by atoms with Gasteiger partial charge < -0.3 is 24.8 Å². The molecule has 0 aliphatic rings. The lowest BCUT2D eigenvalue weighted by molar-refractivity contribution is -0.126. The Hall–Kier alpha value is -5.12. The fourth-order valence-electron chi connectivity index (χ4n) is 3.93. The highest BCUT2D eigenvalue weighted by molar-refractivity contribution is 6.04. The number of rotatable bonds is 10.